The molecule has 0 radical (unpaired) electrons. The van der Waals surface area contributed by atoms with Gasteiger partial charge in [0.1, 0.15) is 0 Å². The number of rotatable bonds is 4. The van der Waals surface area contributed by atoms with Gasteiger partial charge in [-0.2, -0.15) is 0 Å². The van der Waals surface area contributed by atoms with Crippen LogP contribution in [-0.4, -0.2) is 5.71 Å². The van der Waals surface area contributed by atoms with Crippen LogP contribution < -0.4 is 0 Å². The summed E-state index contributed by atoms with van der Waals surface area (Å²) in [6.07, 6.45) is 14.8. The van der Waals surface area contributed by atoms with Crippen LogP contribution in [0, 0.1) is 5.92 Å². The lowest BCUT2D eigenvalue weighted by Gasteiger charge is -2.22. The fourth-order valence-electron chi connectivity index (χ4n) is 4.31. The van der Waals surface area contributed by atoms with Gasteiger partial charge in [-0.3, -0.25) is 4.99 Å². The molecule has 0 amide bonds. The molecule has 0 saturated heterocycles. The third kappa shape index (κ3) is 5.22. The van der Waals surface area contributed by atoms with Crippen molar-refractivity contribution in [2.24, 2.45) is 10.9 Å². The average molecular weight is 410 g/mol. The van der Waals surface area contributed by atoms with E-state index >= 15 is 0 Å². The van der Waals surface area contributed by atoms with Crippen LogP contribution in [0.1, 0.15) is 64.5 Å². The molecule has 0 N–H and O–H groups in total. The second-order valence-corrected chi connectivity index (χ2v) is 7.82. The molecule has 1 saturated carbocycles. The van der Waals surface area contributed by atoms with E-state index in [-0.39, 0.29) is 7.43 Å². The zero-order valence-electron chi connectivity index (χ0n) is 18.1. The Balaban J connectivity index is 0.000000883. The second-order valence-electron chi connectivity index (χ2n) is 7.82. The molecule has 1 aliphatic heterocycles. The highest BCUT2D eigenvalue weighted by Crippen LogP contribution is 2.43. The Morgan fingerprint density at radius 3 is 2.06 bits per heavy atom. The minimum absolute atomic E-state index is 0. The van der Waals surface area contributed by atoms with Gasteiger partial charge in [-0.1, -0.05) is 112 Å². The maximum Gasteiger partial charge on any atom is 0.0743 e. The van der Waals surface area contributed by atoms with Crippen molar-refractivity contribution in [1.29, 1.82) is 0 Å². The molecule has 1 heterocycles. The van der Waals surface area contributed by atoms with Crippen LogP contribution in [0.4, 0.5) is 0 Å². The number of benzene rings is 2. The summed E-state index contributed by atoms with van der Waals surface area (Å²) in [4.78, 5) is 5.29. The molecular weight excluding hydrogens is 374 g/mol. The molecule has 2 aliphatic carbocycles. The molecule has 3 aliphatic rings. The van der Waals surface area contributed by atoms with Crippen LogP contribution in [0.2, 0.25) is 0 Å². The standard InChI is InChI=1S/C27H25N.C2H6.CH4/c1-4-10-20(11-5-1)24-18-19-26(28-27(24)22-12-6-2-7-13-22)25-15-9-3-8-14-23(25)21-16-17-21;1-2;/h1-13,15,21H,14,16-19H2;1-2H3;1H4. The number of allylic oxidation sites excluding steroid dienone is 7. The fraction of sp³-hybridized carbons (Fsp3) is 0.300. The normalized spacial score (nSPS) is 17.9. The third-order valence-corrected chi connectivity index (χ3v) is 5.89. The molecular formula is C30H35N. The summed E-state index contributed by atoms with van der Waals surface area (Å²) in [7, 11) is 0. The highest BCUT2D eigenvalue weighted by molar-refractivity contribution is 6.11. The van der Waals surface area contributed by atoms with Gasteiger partial charge >= 0.3 is 0 Å². The van der Waals surface area contributed by atoms with Gasteiger partial charge in [0.25, 0.3) is 0 Å². The van der Waals surface area contributed by atoms with Crippen LogP contribution in [0.15, 0.2) is 101 Å². The zero-order chi connectivity index (χ0) is 20.8. The van der Waals surface area contributed by atoms with Crippen molar-refractivity contribution in [1.82, 2.24) is 0 Å². The SMILES string of the molecule is C.C1=CCC(C2CC2)=C(C2=NC(c3ccccc3)=C(c3ccccc3)CC2)C=C1.CC. The molecule has 0 atom stereocenters. The largest absolute Gasteiger partial charge is 0.252 e. The van der Waals surface area contributed by atoms with Gasteiger partial charge in [-0.05, 0) is 54.7 Å². The first-order valence-corrected chi connectivity index (χ1v) is 11.4. The minimum Gasteiger partial charge on any atom is -0.252 e. The molecule has 160 valence electrons. The second kappa shape index (κ2) is 10.9. The van der Waals surface area contributed by atoms with E-state index in [4.69, 9.17) is 4.99 Å². The number of hydrogen-bond acceptors (Lipinski definition) is 1. The third-order valence-electron chi connectivity index (χ3n) is 5.89. The van der Waals surface area contributed by atoms with Gasteiger partial charge in [0.05, 0.1) is 5.70 Å². The van der Waals surface area contributed by atoms with Crippen molar-refractivity contribution in [3.05, 3.63) is 107 Å². The summed E-state index contributed by atoms with van der Waals surface area (Å²) in [5.74, 6) is 0.768. The van der Waals surface area contributed by atoms with Crippen molar-refractivity contribution in [2.45, 2.75) is 53.4 Å². The van der Waals surface area contributed by atoms with Gasteiger partial charge in [0.15, 0.2) is 0 Å². The molecule has 1 fully saturated rings. The van der Waals surface area contributed by atoms with Gasteiger partial charge in [0.2, 0.25) is 0 Å². The predicted octanol–water partition coefficient (Wildman–Crippen LogP) is 8.67. The Morgan fingerprint density at radius 1 is 0.774 bits per heavy atom. The molecule has 2 aromatic carbocycles. The lowest BCUT2D eigenvalue weighted by atomic mass is 9.88. The van der Waals surface area contributed by atoms with E-state index in [1.54, 1.807) is 5.57 Å². The summed E-state index contributed by atoms with van der Waals surface area (Å²) < 4.78 is 0. The van der Waals surface area contributed by atoms with Crippen LogP contribution in [0.3, 0.4) is 0 Å². The first-order valence-electron chi connectivity index (χ1n) is 11.4. The number of nitrogens with zero attached hydrogens (tertiary/aromatic N) is 1. The molecule has 31 heavy (non-hydrogen) atoms. The Morgan fingerprint density at radius 2 is 1.42 bits per heavy atom. The topological polar surface area (TPSA) is 12.4 Å². The van der Waals surface area contributed by atoms with E-state index in [0.29, 0.717) is 0 Å². The van der Waals surface area contributed by atoms with Crippen molar-refractivity contribution < 1.29 is 0 Å². The van der Waals surface area contributed by atoms with Gasteiger partial charge in [-0.15, -0.1) is 0 Å². The van der Waals surface area contributed by atoms with E-state index in [2.05, 4.69) is 85.0 Å². The Bertz CT molecular complexity index is 1010. The molecule has 1 nitrogen and oxygen atoms in total. The van der Waals surface area contributed by atoms with E-state index < -0.39 is 0 Å². The summed E-state index contributed by atoms with van der Waals surface area (Å²) in [6.45, 7) is 4.00. The maximum atomic E-state index is 5.29. The fourth-order valence-corrected chi connectivity index (χ4v) is 4.31. The molecule has 2 aromatic rings. The predicted molar refractivity (Wildman–Crippen MR) is 137 cm³/mol. The molecule has 1 heteroatoms. The van der Waals surface area contributed by atoms with E-state index in [9.17, 15) is 0 Å². The van der Waals surface area contributed by atoms with E-state index in [0.717, 1.165) is 30.9 Å². The molecule has 5 rings (SSSR count). The first kappa shape index (κ1) is 22.7. The highest BCUT2D eigenvalue weighted by atomic mass is 14.8. The summed E-state index contributed by atoms with van der Waals surface area (Å²) in [5.41, 5.74) is 9.26. The Hall–Kier alpha value is -2.93. The molecule has 0 spiro atoms. The summed E-state index contributed by atoms with van der Waals surface area (Å²) >= 11 is 0. The lowest BCUT2D eigenvalue weighted by molar-refractivity contribution is 0.941. The van der Waals surface area contributed by atoms with Crippen molar-refractivity contribution in [2.75, 3.05) is 0 Å². The van der Waals surface area contributed by atoms with Crippen LogP contribution >= 0.6 is 0 Å². The lowest BCUT2D eigenvalue weighted by Crippen LogP contribution is -2.11. The molecule has 0 bridgehead atoms. The van der Waals surface area contributed by atoms with E-state index in [1.807, 2.05) is 13.8 Å². The first-order chi connectivity index (χ1) is 14.9. The van der Waals surface area contributed by atoms with Crippen molar-refractivity contribution in [3.63, 3.8) is 0 Å². The average Bonchev–Trinajstić information content (AvgIpc) is 3.68. The van der Waals surface area contributed by atoms with Crippen LogP contribution in [0.5, 0.6) is 0 Å². The number of hydrogen-bond donors (Lipinski definition) is 0. The van der Waals surface area contributed by atoms with Gasteiger partial charge < -0.3 is 0 Å². The van der Waals surface area contributed by atoms with E-state index in [1.165, 1.54) is 40.8 Å². The summed E-state index contributed by atoms with van der Waals surface area (Å²) in [6, 6.07) is 21.4. The Kier molecular flexibility index (Phi) is 8.00. The van der Waals surface area contributed by atoms with Crippen LogP contribution in [-0.2, 0) is 0 Å². The quantitative estimate of drug-likeness (QED) is 0.479. The van der Waals surface area contributed by atoms with Crippen LogP contribution in [0.25, 0.3) is 11.3 Å². The smallest absolute Gasteiger partial charge is 0.0743 e. The van der Waals surface area contributed by atoms with Gasteiger partial charge in [-0.25, -0.2) is 0 Å². The van der Waals surface area contributed by atoms with Crippen molar-refractivity contribution in [3.8, 4) is 0 Å². The number of aliphatic imine (C=N–C) groups is 1. The molecule has 0 aromatic heterocycles. The summed E-state index contributed by atoms with van der Waals surface area (Å²) in [5, 5.41) is 0. The monoisotopic (exact) mass is 409 g/mol. The maximum absolute atomic E-state index is 5.29. The Labute approximate surface area is 188 Å². The molecule has 0 unspecified atom stereocenters. The minimum atomic E-state index is 0. The highest BCUT2D eigenvalue weighted by Gasteiger charge is 2.29. The zero-order valence-corrected chi connectivity index (χ0v) is 18.1. The van der Waals surface area contributed by atoms with Gasteiger partial charge in [0, 0.05) is 11.3 Å². The van der Waals surface area contributed by atoms with Crippen molar-refractivity contribution >= 4 is 17.0 Å².